The fourth-order valence-electron chi connectivity index (χ4n) is 6.56. The van der Waals surface area contributed by atoms with E-state index in [1.165, 1.54) is 12.8 Å². The van der Waals surface area contributed by atoms with Gasteiger partial charge in [0.1, 0.15) is 0 Å². The number of ether oxygens (including phenoxy) is 1. The van der Waals surface area contributed by atoms with Crippen molar-refractivity contribution in [3.05, 3.63) is 65.2 Å². The largest absolute Gasteiger partial charge is 0.449 e. The van der Waals surface area contributed by atoms with Gasteiger partial charge in [-0.1, -0.05) is 30.3 Å². The van der Waals surface area contributed by atoms with E-state index in [-0.39, 0.29) is 11.9 Å². The summed E-state index contributed by atoms with van der Waals surface area (Å²) in [5.74, 6) is 0.812. The second-order valence-electron chi connectivity index (χ2n) is 11.6. The number of rotatable bonds is 5. The summed E-state index contributed by atoms with van der Waals surface area (Å²) in [6, 6.07) is 16.0. The maximum Gasteiger partial charge on any atom is 0.339 e. The number of benzene rings is 2. The fraction of sp³-hybridized carbons (Fsp3) is 0.500. The summed E-state index contributed by atoms with van der Waals surface area (Å²) in [4.78, 5) is 44.9. The lowest BCUT2D eigenvalue weighted by molar-refractivity contribution is -0.134. The van der Waals surface area contributed by atoms with E-state index in [9.17, 15) is 14.4 Å². The molecule has 5 aliphatic rings. The molecule has 0 radical (unpaired) electrons. The van der Waals surface area contributed by atoms with Crippen LogP contribution < -0.4 is 4.90 Å². The van der Waals surface area contributed by atoms with Gasteiger partial charge in [0.2, 0.25) is 11.8 Å². The van der Waals surface area contributed by atoms with Gasteiger partial charge in [0, 0.05) is 56.8 Å². The van der Waals surface area contributed by atoms with Crippen molar-refractivity contribution in [3.8, 4) is 0 Å². The van der Waals surface area contributed by atoms with Crippen LogP contribution >= 0.6 is 0 Å². The van der Waals surface area contributed by atoms with Gasteiger partial charge in [0.05, 0.1) is 17.5 Å². The molecular formula is C30H33N3O4. The van der Waals surface area contributed by atoms with Crippen molar-refractivity contribution in [2.75, 3.05) is 44.2 Å². The Morgan fingerprint density at radius 3 is 2.30 bits per heavy atom. The van der Waals surface area contributed by atoms with Gasteiger partial charge in [-0.2, -0.15) is 0 Å². The monoisotopic (exact) mass is 499 g/mol. The molecular weight excluding hydrogens is 466 g/mol. The number of fused-ring (bicyclic) bond motifs is 2. The van der Waals surface area contributed by atoms with Crippen molar-refractivity contribution < 1.29 is 19.1 Å². The first-order valence-corrected chi connectivity index (χ1v) is 13.7. The Balaban J connectivity index is 1.01. The van der Waals surface area contributed by atoms with Gasteiger partial charge in [-0.05, 0) is 55.4 Å². The van der Waals surface area contributed by atoms with Crippen LogP contribution in [0.15, 0.2) is 48.5 Å². The van der Waals surface area contributed by atoms with Crippen LogP contribution in [0, 0.1) is 5.92 Å². The Kier molecular flexibility index (Phi) is 5.14. The minimum atomic E-state index is -0.703. The predicted molar refractivity (Wildman–Crippen MR) is 138 cm³/mol. The van der Waals surface area contributed by atoms with Gasteiger partial charge >= 0.3 is 5.97 Å². The lowest BCUT2D eigenvalue weighted by atomic mass is 9.91. The summed E-state index contributed by atoms with van der Waals surface area (Å²) in [7, 11) is 0. The first-order chi connectivity index (χ1) is 18.0. The highest BCUT2D eigenvalue weighted by Crippen LogP contribution is 2.52. The lowest BCUT2D eigenvalue weighted by Crippen LogP contribution is -2.48. The standard InChI is InChI=1S/C30H33N3O4/c34-26(19-21-5-6-21)32-17-15-31(16-18-32)23-9-7-22(8-10-23)29(11-12-29)28(36)33-14-13-30(20-33)25-4-2-1-3-24(25)27(35)37-30/h1-4,7-10,21H,5-6,11-20H2/t30-/m0/s1. The highest BCUT2D eigenvalue weighted by Gasteiger charge is 2.57. The van der Waals surface area contributed by atoms with E-state index in [0.717, 1.165) is 62.3 Å². The topological polar surface area (TPSA) is 70.2 Å². The van der Waals surface area contributed by atoms with Gasteiger partial charge in [0.25, 0.3) is 0 Å². The molecule has 3 aliphatic heterocycles. The van der Waals surface area contributed by atoms with Gasteiger partial charge in [-0.25, -0.2) is 4.79 Å². The number of hydrogen-bond donors (Lipinski definition) is 0. The second-order valence-corrected chi connectivity index (χ2v) is 11.6. The molecule has 2 aromatic carbocycles. The van der Waals surface area contributed by atoms with E-state index in [1.54, 1.807) is 0 Å². The molecule has 7 nitrogen and oxygen atoms in total. The van der Waals surface area contributed by atoms with E-state index in [0.29, 0.717) is 36.9 Å². The number of piperazine rings is 1. The Bertz CT molecular complexity index is 1260. The van der Waals surface area contributed by atoms with Crippen LogP contribution in [0.2, 0.25) is 0 Å². The average molecular weight is 500 g/mol. The fourth-order valence-corrected chi connectivity index (χ4v) is 6.56. The molecule has 0 N–H and O–H groups in total. The summed E-state index contributed by atoms with van der Waals surface area (Å²) in [5.41, 5.74) is 2.60. The Labute approximate surface area is 217 Å². The van der Waals surface area contributed by atoms with E-state index in [2.05, 4.69) is 29.2 Å². The van der Waals surface area contributed by atoms with Crippen LogP contribution in [0.1, 0.15) is 60.0 Å². The summed E-state index contributed by atoms with van der Waals surface area (Å²) in [6.07, 6.45) is 5.49. The number of esters is 1. The van der Waals surface area contributed by atoms with Crippen molar-refractivity contribution in [1.29, 1.82) is 0 Å². The Morgan fingerprint density at radius 2 is 1.59 bits per heavy atom. The molecule has 2 amide bonds. The van der Waals surface area contributed by atoms with Crippen LogP contribution in [0.3, 0.4) is 0 Å². The molecule has 37 heavy (non-hydrogen) atoms. The number of carbonyl (C=O) groups excluding carboxylic acids is 3. The molecule has 2 saturated heterocycles. The minimum Gasteiger partial charge on any atom is -0.449 e. The molecule has 1 atom stereocenters. The zero-order valence-corrected chi connectivity index (χ0v) is 21.2. The van der Waals surface area contributed by atoms with Crippen molar-refractivity contribution in [2.45, 2.75) is 49.5 Å². The first kappa shape index (κ1) is 22.8. The van der Waals surface area contributed by atoms with Gasteiger partial charge < -0.3 is 19.4 Å². The molecule has 192 valence electrons. The van der Waals surface area contributed by atoms with Crippen LogP contribution in [0.4, 0.5) is 5.69 Å². The highest BCUT2D eigenvalue weighted by molar-refractivity contribution is 5.96. The third-order valence-electron chi connectivity index (χ3n) is 9.18. The Hall–Kier alpha value is -3.35. The predicted octanol–water partition coefficient (Wildman–Crippen LogP) is 3.47. The van der Waals surface area contributed by atoms with E-state index < -0.39 is 11.0 Å². The van der Waals surface area contributed by atoms with Gasteiger partial charge in [-0.15, -0.1) is 0 Å². The number of amides is 2. The Morgan fingerprint density at radius 1 is 0.865 bits per heavy atom. The number of carbonyl (C=O) groups is 3. The van der Waals surface area contributed by atoms with Crippen molar-refractivity contribution in [1.82, 2.24) is 9.80 Å². The van der Waals surface area contributed by atoms with Gasteiger partial charge in [0.15, 0.2) is 5.60 Å². The molecule has 0 bridgehead atoms. The summed E-state index contributed by atoms with van der Waals surface area (Å²) in [6.45, 7) is 4.27. The molecule has 2 saturated carbocycles. The zero-order valence-electron chi connectivity index (χ0n) is 21.2. The first-order valence-electron chi connectivity index (χ1n) is 13.7. The summed E-state index contributed by atoms with van der Waals surface area (Å²) in [5, 5.41) is 0. The third-order valence-corrected chi connectivity index (χ3v) is 9.18. The maximum absolute atomic E-state index is 13.8. The van der Waals surface area contributed by atoms with Crippen molar-refractivity contribution >= 4 is 23.5 Å². The quantitative estimate of drug-likeness (QED) is 0.590. The molecule has 0 unspecified atom stereocenters. The van der Waals surface area contributed by atoms with E-state index >= 15 is 0 Å². The molecule has 7 rings (SSSR count). The lowest BCUT2D eigenvalue weighted by Gasteiger charge is -2.36. The molecule has 0 aromatic heterocycles. The summed E-state index contributed by atoms with van der Waals surface area (Å²) < 4.78 is 5.86. The molecule has 4 fully saturated rings. The number of likely N-dealkylation sites (tertiary alicyclic amines) is 1. The molecule has 7 heteroatoms. The third kappa shape index (κ3) is 3.82. The smallest absolute Gasteiger partial charge is 0.339 e. The molecule has 3 heterocycles. The van der Waals surface area contributed by atoms with Crippen LogP contribution in [-0.4, -0.2) is 66.9 Å². The summed E-state index contributed by atoms with van der Waals surface area (Å²) >= 11 is 0. The molecule has 2 aliphatic carbocycles. The number of nitrogens with zero attached hydrogens (tertiary/aromatic N) is 3. The SMILES string of the molecule is O=C1O[C@]2(CCN(C(=O)C3(c4ccc(N5CCN(C(=O)CC6CC6)CC5)cc4)CC3)C2)c2ccccc21. The number of anilines is 1. The number of hydrogen-bond acceptors (Lipinski definition) is 5. The van der Waals surface area contributed by atoms with Crippen LogP contribution in [0.25, 0.3) is 0 Å². The average Bonchev–Trinajstić information content (AvgIpc) is 3.86. The maximum atomic E-state index is 13.8. The van der Waals surface area contributed by atoms with Crippen LogP contribution in [-0.2, 0) is 25.3 Å². The molecule has 2 aromatic rings. The van der Waals surface area contributed by atoms with E-state index in [1.807, 2.05) is 34.1 Å². The van der Waals surface area contributed by atoms with Crippen molar-refractivity contribution in [3.63, 3.8) is 0 Å². The normalized spacial score (nSPS) is 25.8. The van der Waals surface area contributed by atoms with E-state index in [4.69, 9.17) is 4.74 Å². The minimum absolute atomic E-state index is 0.153. The highest BCUT2D eigenvalue weighted by atomic mass is 16.6. The second kappa shape index (κ2) is 8.33. The van der Waals surface area contributed by atoms with Gasteiger partial charge in [-0.3, -0.25) is 9.59 Å². The van der Waals surface area contributed by atoms with Crippen molar-refractivity contribution in [2.24, 2.45) is 5.92 Å². The zero-order chi connectivity index (χ0) is 25.2. The molecule has 1 spiro atoms. The van der Waals surface area contributed by atoms with Crippen LogP contribution in [0.5, 0.6) is 0 Å².